The van der Waals surface area contributed by atoms with Crippen LogP contribution in [0.2, 0.25) is 0 Å². The summed E-state index contributed by atoms with van der Waals surface area (Å²) in [6, 6.07) is 8.00. The number of sulfonamides is 1. The molecule has 0 aliphatic rings. The first kappa shape index (κ1) is 13.0. The zero-order valence-corrected chi connectivity index (χ0v) is 10.8. The van der Waals surface area contributed by atoms with E-state index in [1.807, 2.05) is 6.07 Å². The Morgan fingerprint density at radius 2 is 2.05 bits per heavy atom. The van der Waals surface area contributed by atoms with Crippen LogP contribution in [-0.4, -0.2) is 28.6 Å². The number of nitrogens with one attached hydrogen (secondary N) is 1. The van der Waals surface area contributed by atoms with Gasteiger partial charge in [0.05, 0.1) is 24.4 Å². The van der Waals surface area contributed by atoms with E-state index >= 15 is 0 Å². The van der Waals surface area contributed by atoms with Crippen LogP contribution in [0.1, 0.15) is 5.56 Å². The molecule has 1 aromatic carbocycles. The number of hydrogen-bond donors (Lipinski definition) is 1. The van der Waals surface area contributed by atoms with Crippen LogP contribution in [0, 0.1) is 11.3 Å². The quantitative estimate of drug-likeness (QED) is 0.847. The number of hydrogen-bond acceptors (Lipinski definition) is 6. The Balaban J connectivity index is 2.22. The smallest absolute Gasteiger partial charge is 0.245 e. The number of rotatable bonds is 4. The Hall–Kier alpha value is -2.47. The molecule has 0 fully saturated rings. The molecule has 2 aromatic rings. The van der Waals surface area contributed by atoms with Crippen molar-refractivity contribution in [3.8, 4) is 6.07 Å². The number of aromatic nitrogens is 4. The fraction of sp³-hybridized carbons (Fsp3) is 0.200. The highest BCUT2D eigenvalue weighted by Crippen LogP contribution is 2.13. The third-order valence-corrected chi connectivity index (χ3v) is 3.59. The second-order valence-electron chi connectivity index (χ2n) is 3.69. The van der Waals surface area contributed by atoms with E-state index in [1.54, 1.807) is 12.1 Å². The van der Waals surface area contributed by atoms with Crippen LogP contribution >= 0.6 is 0 Å². The van der Waals surface area contributed by atoms with Gasteiger partial charge in [-0.25, -0.2) is 13.1 Å². The van der Waals surface area contributed by atoms with Crippen LogP contribution < -0.4 is 4.72 Å². The van der Waals surface area contributed by atoms with E-state index in [-0.39, 0.29) is 17.3 Å². The number of tetrazole rings is 1. The van der Waals surface area contributed by atoms with Gasteiger partial charge < -0.3 is 0 Å². The van der Waals surface area contributed by atoms with E-state index in [2.05, 4.69) is 20.1 Å². The maximum Gasteiger partial charge on any atom is 0.277 e. The van der Waals surface area contributed by atoms with Crippen molar-refractivity contribution >= 4 is 16.0 Å². The number of aryl methyl sites for hydroxylation is 1. The van der Waals surface area contributed by atoms with Gasteiger partial charge in [-0.1, -0.05) is 17.2 Å². The molecule has 1 aromatic heterocycles. The molecule has 0 atom stereocenters. The molecule has 9 heteroatoms. The Morgan fingerprint density at radius 1 is 1.37 bits per heavy atom. The number of benzene rings is 1. The highest BCUT2D eigenvalue weighted by Gasteiger charge is 2.16. The first-order valence-corrected chi connectivity index (χ1v) is 6.72. The molecule has 2 rings (SSSR count). The summed E-state index contributed by atoms with van der Waals surface area (Å²) in [5.74, 6) is -0.0939. The van der Waals surface area contributed by atoms with Crippen LogP contribution in [-0.2, 0) is 23.5 Å². The average Bonchev–Trinajstić information content (AvgIpc) is 2.75. The van der Waals surface area contributed by atoms with Gasteiger partial charge in [0.2, 0.25) is 0 Å². The molecule has 0 bridgehead atoms. The lowest BCUT2D eigenvalue weighted by Gasteiger charge is -2.04. The predicted octanol–water partition coefficient (Wildman–Crippen LogP) is 0.0770. The molecular formula is C10H10N6O2S. The van der Waals surface area contributed by atoms with E-state index in [0.29, 0.717) is 0 Å². The highest BCUT2D eigenvalue weighted by molar-refractivity contribution is 7.92. The normalized spacial score (nSPS) is 10.9. The first-order valence-electron chi connectivity index (χ1n) is 5.24. The molecule has 0 amide bonds. The zero-order valence-electron chi connectivity index (χ0n) is 9.98. The summed E-state index contributed by atoms with van der Waals surface area (Å²) < 4.78 is 26.2. The van der Waals surface area contributed by atoms with Crippen molar-refractivity contribution in [2.45, 2.75) is 11.3 Å². The van der Waals surface area contributed by atoms with Gasteiger partial charge in [-0.15, -0.1) is 5.10 Å². The van der Waals surface area contributed by atoms with Gasteiger partial charge in [0.1, 0.15) is 0 Å². The van der Waals surface area contributed by atoms with Crippen LogP contribution in [0.25, 0.3) is 0 Å². The standard InChI is InChI=1S/C10H10N6O2S/c1-16-13-10(12-15-16)14-19(17,18)9-4-2-8(3-5-9)6-7-11/h2-5H,6H2,1H3,(H,13,14). The molecule has 0 unspecified atom stereocenters. The maximum absolute atomic E-state index is 12.0. The van der Waals surface area contributed by atoms with Gasteiger partial charge >= 0.3 is 0 Å². The van der Waals surface area contributed by atoms with Crippen molar-refractivity contribution in [3.63, 3.8) is 0 Å². The van der Waals surface area contributed by atoms with Crippen LogP contribution in [0.4, 0.5) is 5.95 Å². The van der Waals surface area contributed by atoms with Crippen molar-refractivity contribution in [2.24, 2.45) is 7.05 Å². The highest BCUT2D eigenvalue weighted by atomic mass is 32.2. The van der Waals surface area contributed by atoms with E-state index in [1.165, 1.54) is 19.2 Å². The molecule has 8 nitrogen and oxygen atoms in total. The van der Waals surface area contributed by atoms with Gasteiger partial charge in [-0.2, -0.15) is 10.1 Å². The number of anilines is 1. The molecule has 0 spiro atoms. The molecule has 1 N–H and O–H groups in total. The van der Waals surface area contributed by atoms with E-state index in [9.17, 15) is 8.42 Å². The minimum atomic E-state index is -3.74. The fourth-order valence-corrected chi connectivity index (χ4v) is 2.32. The van der Waals surface area contributed by atoms with Crippen molar-refractivity contribution in [1.82, 2.24) is 20.2 Å². The lowest BCUT2D eigenvalue weighted by molar-refractivity contribution is 0.600. The summed E-state index contributed by atoms with van der Waals surface area (Å²) in [5, 5.41) is 19.3. The van der Waals surface area contributed by atoms with Gasteiger partial charge in [-0.3, -0.25) is 0 Å². The summed E-state index contributed by atoms with van der Waals surface area (Å²) in [4.78, 5) is 1.22. The van der Waals surface area contributed by atoms with E-state index in [4.69, 9.17) is 5.26 Å². The van der Waals surface area contributed by atoms with Crippen molar-refractivity contribution in [2.75, 3.05) is 4.72 Å². The summed E-state index contributed by atoms with van der Waals surface area (Å²) in [6.07, 6.45) is 0.236. The Labute approximate surface area is 109 Å². The molecule has 0 aliphatic heterocycles. The minimum Gasteiger partial charge on any atom is -0.245 e. The van der Waals surface area contributed by atoms with Crippen molar-refractivity contribution in [3.05, 3.63) is 29.8 Å². The third kappa shape index (κ3) is 3.05. The second-order valence-corrected chi connectivity index (χ2v) is 5.37. The van der Waals surface area contributed by atoms with Gasteiger partial charge in [0.25, 0.3) is 16.0 Å². The molecule has 0 saturated carbocycles. The Morgan fingerprint density at radius 3 is 2.58 bits per heavy atom. The second kappa shape index (κ2) is 5.03. The van der Waals surface area contributed by atoms with E-state index < -0.39 is 10.0 Å². The van der Waals surface area contributed by atoms with Gasteiger partial charge in [-0.05, 0) is 22.9 Å². The summed E-state index contributed by atoms with van der Waals surface area (Å²) in [6.45, 7) is 0. The molecule has 1 heterocycles. The number of nitriles is 1. The maximum atomic E-state index is 12.0. The molecular weight excluding hydrogens is 268 g/mol. The molecule has 0 saturated heterocycles. The van der Waals surface area contributed by atoms with Gasteiger partial charge in [0, 0.05) is 0 Å². The van der Waals surface area contributed by atoms with Crippen LogP contribution in [0.5, 0.6) is 0 Å². The molecule has 0 radical (unpaired) electrons. The largest absolute Gasteiger partial charge is 0.277 e. The monoisotopic (exact) mass is 278 g/mol. The van der Waals surface area contributed by atoms with Crippen molar-refractivity contribution in [1.29, 1.82) is 5.26 Å². The summed E-state index contributed by atoms with van der Waals surface area (Å²) in [5.41, 5.74) is 0.749. The lowest BCUT2D eigenvalue weighted by Crippen LogP contribution is -2.14. The number of nitrogens with zero attached hydrogens (tertiary/aromatic N) is 5. The van der Waals surface area contributed by atoms with Crippen LogP contribution in [0.15, 0.2) is 29.2 Å². The SMILES string of the molecule is Cn1nnc(NS(=O)(=O)c2ccc(CC#N)cc2)n1. The minimum absolute atomic E-state index is 0.0710. The third-order valence-electron chi connectivity index (χ3n) is 2.25. The van der Waals surface area contributed by atoms with E-state index in [0.717, 1.165) is 10.4 Å². The zero-order chi connectivity index (χ0) is 13.9. The summed E-state index contributed by atoms with van der Waals surface area (Å²) >= 11 is 0. The van der Waals surface area contributed by atoms with Crippen LogP contribution in [0.3, 0.4) is 0 Å². The molecule has 19 heavy (non-hydrogen) atoms. The Kier molecular flexibility index (Phi) is 3.43. The lowest BCUT2D eigenvalue weighted by atomic mass is 10.2. The summed E-state index contributed by atoms with van der Waals surface area (Å²) in [7, 11) is -2.21. The van der Waals surface area contributed by atoms with Gasteiger partial charge in [0.15, 0.2) is 0 Å². The molecule has 0 aliphatic carbocycles. The topological polar surface area (TPSA) is 114 Å². The average molecular weight is 278 g/mol. The fourth-order valence-electron chi connectivity index (χ4n) is 1.38. The first-order chi connectivity index (χ1) is 9.01. The predicted molar refractivity (Wildman–Crippen MR) is 65.4 cm³/mol. The Bertz CT molecular complexity index is 713. The molecule has 98 valence electrons. The van der Waals surface area contributed by atoms with Crippen molar-refractivity contribution < 1.29 is 8.42 Å².